The van der Waals surface area contributed by atoms with E-state index >= 15 is 0 Å². The molecule has 2 heterocycles. The Balaban J connectivity index is 1.38. The minimum atomic E-state index is -0.350. The molecule has 0 radical (unpaired) electrons. The Morgan fingerprint density at radius 2 is 2.19 bits per heavy atom. The van der Waals surface area contributed by atoms with Crippen LogP contribution in [0.1, 0.15) is 45.4 Å². The minimum Gasteiger partial charge on any atom is -0.356 e. The number of anilines is 1. The monoisotopic (exact) mass is 375 g/mol. The fourth-order valence-electron chi connectivity index (χ4n) is 3.79. The number of benzene rings is 1. The van der Waals surface area contributed by atoms with E-state index in [1.165, 1.54) is 44.0 Å². The van der Waals surface area contributed by atoms with E-state index in [9.17, 15) is 9.59 Å². The molecule has 0 aliphatic carbocycles. The predicted molar refractivity (Wildman–Crippen MR) is 106 cm³/mol. The second-order valence-corrected chi connectivity index (χ2v) is 8.34. The summed E-state index contributed by atoms with van der Waals surface area (Å²) in [5.74, 6) is -0.120. The van der Waals surface area contributed by atoms with Crippen molar-refractivity contribution < 1.29 is 9.59 Å². The fourth-order valence-corrected chi connectivity index (χ4v) is 4.90. The van der Waals surface area contributed by atoms with Gasteiger partial charge in [-0.15, -0.1) is 11.8 Å². The molecule has 26 heavy (non-hydrogen) atoms. The van der Waals surface area contributed by atoms with Crippen LogP contribution in [0.3, 0.4) is 0 Å². The van der Waals surface area contributed by atoms with Crippen molar-refractivity contribution in [2.24, 2.45) is 0 Å². The second-order valence-electron chi connectivity index (χ2n) is 7.09. The number of hydrogen-bond acceptors (Lipinski definition) is 4. The Labute approximate surface area is 160 Å². The van der Waals surface area contributed by atoms with E-state index in [1.54, 1.807) is 0 Å². The Morgan fingerprint density at radius 3 is 3.04 bits per heavy atom. The van der Waals surface area contributed by atoms with Crippen LogP contribution < -0.4 is 10.6 Å². The molecule has 0 aromatic heterocycles. The van der Waals surface area contributed by atoms with Gasteiger partial charge in [-0.3, -0.25) is 9.59 Å². The summed E-state index contributed by atoms with van der Waals surface area (Å²) in [7, 11) is 0. The molecule has 2 N–H and O–H groups in total. The molecule has 2 aliphatic rings. The van der Waals surface area contributed by atoms with E-state index in [4.69, 9.17) is 0 Å². The topological polar surface area (TPSA) is 61.4 Å². The molecule has 0 bridgehead atoms. The largest absolute Gasteiger partial charge is 0.356 e. The zero-order valence-electron chi connectivity index (χ0n) is 15.5. The molecular weight excluding hydrogens is 346 g/mol. The smallest absolute Gasteiger partial charge is 0.238 e. The van der Waals surface area contributed by atoms with Gasteiger partial charge in [-0.05, 0) is 44.4 Å². The molecule has 1 fully saturated rings. The lowest BCUT2D eigenvalue weighted by molar-refractivity contribution is -0.124. The van der Waals surface area contributed by atoms with Crippen LogP contribution in [0.5, 0.6) is 0 Å². The van der Waals surface area contributed by atoms with Crippen molar-refractivity contribution in [3.8, 4) is 0 Å². The predicted octanol–water partition coefficient (Wildman–Crippen LogP) is 3.26. The van der Waals surface area contributed by atoms with Gasteiger partial charge in [0.25, 0.3) is 0 Å². The number of nitrogens with zero attached hydrogens (tertiary/aromatic N) is 1. The molecular formula is C20H29N3O2S. The highest BCUT2D eigenvalue weighted by Gasteiger charge is 2.28. The third-order valence-corrected chi connectivity index (χ3v) is 6.52. The molecule has 142 valence electrons. The van der Waals surface area contributed by atoms with Crippen LogP contribution in [0.15, 0.2) is 29.2 Å². The van der Waals surface area contributed by atoms with Gasteiger partial charge in [-0.25, -0.2) is 0 Å². The van der Waals surface area contributed by atoms with Crippen LogP contribution in [0.25, 0.3) is 0 Å². The number of fused-ring (bicyclic) bond motifs is 1. The number of piperidine rings is 1. The summed E-state index contributed by atoms with van der Waals surface area (Å²) in [5, 5.41) is 5.53. The highest BCUT2D eigenvalue weighted by Crippen LogP contribution is 2.36. The highest BCUT2D eigenvalue weighted by molar-refractivity contribution is 8.01. The highest BCUT2D eigenvalue weighted by atomic mass is 32.2. The van der Waals surface area contributed by atoms with Crippen LogP contribution in [-0.4, -0.2) is 47.6 Å². The molecule has 0 spiro atoms. The lowest BCUT2D eigenvalue weighted by Crippen LogP contribution is -2.41. The van der Waals surface area contributed by atoms with Gasteiger partial charge < -0.3 is 15.5 Å². The fraction of sp³-hybridized carbons (Fsp3) is 0.600. The first-order valence-corrected chi connectivity index (χ1v) is 10.6. The van der Waals surface area contributed by atoms with Crippen LogP contribution in [-0.2, 0) is 9.59 Å². The molecule has 0 saturated carbocycles. The average Bonchev–Trinajstić information content (AvgIpc) is 2.66. The van der Waals surface area contributed by atoms with Crippen molar-refractivity contribution in [3.63, 3.8) is 0 Å². The molecule has 1 saturated heterocycles. The Hall–Kier alpha value is -1.53. The van der Waals surface area contributed by atoms with E-state index in [2.05, 4.69) is 22.5 Å². The van der Waals surface area contributed by atoms with Gasteiger partial charge in [0.05, 0.1) is 10.9 Å². The summed E-state index contributed by atoms with van der Waals surface area (Å²) < 4.78 is 0. The summed E-state index contributed by atoms with van der Waals surface area (Å²) in [6, 6.07) is 8.43. The number of hydrogen-bond donors (Lipinski definition) is 2. The van der Waals surface area contributed by atoms with Crippen molar-refractivity contribution in [3.05, 3.63) is 24.3 Å². The second kappa shape index (κ2) is 9.42. The number of carbonyl (C=O) groups is 2. The summed E-state index contributed by atoms with van der Waals surface area (Å²) in [4.78, 5) is 28.0. The summed E-state index contributed by atoms with van der Waals surface area (Å²) >= 11 is 1.48. The molecule has 2 atom stereocenters. The van der Waals surface area contributed by atoms with Gasteiger partial charge in [0.15, 0.2) is 0 Å². The Morgan fingerprint density at radius 1 is 1.35 bits per heavy atom. The number of para-hydroxylation sites is 1. The quantitative estimate of drug-likeness (QED) is 0.718. The van der Waals surface area contributed by atoms with Crippen molar-refractivity contribution >= 4 is 29.3 Å². The summed E-state index contributed by atoms with van der Waals surface area (Å²) in [6.45, 7) is 5.17. The first kappa shape index (κ1) is 19.2. The third-order valence-electron chi connectivity index (χ3n) is 5.24. The SMILES string of the molecule is CC[C@H]1CCCCN1CCCNC(=O)C[C@@H]1Sc2ccccc2NC1=O. The third kappa shape index (κ3) is 5.01. The minimum absolute atomic E-state index is 0.0392. The average molecular weight is 376 g/mol. The van der Waals surface area contributed by atoms with Crippen molar-refractivity contribution in [2.45, 2.75) is 61.6 Å². The van der Waals surface area contributed by atoms with Crippen LogP contribution in [0.2, 0.25) is 0 Å². The molecule has 1 aromatic carbocycles. The first-order chi connectivity index (χ1) is 12.7. The van der Waals surface area contributed by atoms with Crippen molar-refractivity contribution in [1.82, 2.24) is 10.2 Å². The van der Waals surface area contributed by atoms with Gasteiger partial charge in [0.2, 0.25) is 11.8 Å². The van der Waals surface area contributed by atoms with Crippen molar-refractivity contribution in [2.75, 3.05) is 25.0 Å². The van der Waals surface area contributed by atoms with Crippen LogP contribution in [0.4, 0.5) is 5.69 Å². The molecule has 3 rings (SSSR count). The molecule has 2 amide bonds. The van der Waals surface area contributed by atoms with Gasteiger partial charge in [0, 0.05) is 30.4 Å². The first-order valence-electron chi connectivity index (χ1n) is 9.74. The zero-order valence-corrected chi connectivity index (χ0v) is 16.3. The maximum atomic E-state index is 12.2. The lowest BCUT2D eigenvalue weighted by atomic mass is 10.00. The number of carbonyl (C=O) groups excluding carboxylic acids is 2. The molecule has 0 unspecified atom stereocenters. The standard InChI is InChI=1S/C20H29N3O2S/c1-2-15-8-5-6-12-23(15)13-7-11-21-19(24)14-18-20(25)22-16-9-3-4-10-17(16)26-18/h3-4,9-10,15,18H,2,5-8,11-14H2,1H3,(H,21,24)(H,22,25)/t15-,18-/m0/s1. The van der Waals surface area contributed by atoms with Crippen molar-refractivity contribution in [1.29, 1.82) is 0 Å². The maximum Gasteiger partial charge on any atom is 0.238 e. The van der Waals surface area contributed by atoms with Gasteiger partial charge in [-0.2, -0.15) is 0 Å². The Bertz CT molecular complexity index is 637. The number of likely N-dealkylation sites (tertiary alicyclic amines) is 1. The van der Waals surface area contributed by atoms with Gasteiger partial charge in [-0.1, -0.05) is 25.5 Å². The number of amides is 2. The molecule has 5 nitrogen and oxygen atoms in total. The van der Waals surface area contributed by atoms with Gasteiger partial charge in [0.1, 0.15) is 0 Å². The number of rotatable bonds is 7. The summed E-state index contributed by atoms with van der Waals surface area (Å²) in [5.41, 5.74) is 0.839. The molecule has 1 aromatic rings. The molecule has 6 heteroatoms. The summed E-state index contributed by atoms with van der Waals surface area (Å²) in [6.07, 6.45) is 6.34. The number of nitrogens with one attached hydrogen (secondary N) is 2. The Kier molecular flexibility index (Phi) is 6.97. The van der Waals surface area contributed by atoms with Crippen LogP contribution in [0, 0.1) is 0 Å². The van der Waals surface area contributed by atoms with Crippen LogP contribution >= 0.6 is 11.8 Å². The van der Waals surface area contributed by atoms with E-state index in [0.717, 1.165) is 23.5 Å². The normalized spacial score (nSPS) is 23.2. The lowest BCUT2D eigenvalue weighted by Gasteiger charge is -2.35. The van der Waals surface area contributed by atoms with Gasteiger partial charge >= 0.3 is 0 Å². The molecule has 2 aliphatic heterocycles. The van der Waals surface area contributed by atoms with E-state index in [-0.39, 0.29) is 23.5 Å². The maximum absolute atomic E-state index is 12.2. The number of thioether (sulfide) groups is 1. The zero-order chi connectivity index (χ0) is 18.4. The van der Waals surface area contributed by atoms with E-state index in [1.807, 2.05) is 24.3 Å². The van der Waals surface area contributed by atoms with E-state index < -0.39 is 0 Å². The van der Waals surface area contributed by atoms with E-state index in [0.29, 0.717) is 12.6 Å².